The molecule has 0 amide bonds. The van der Waals surface area contributed by atoms with Crippen molar-refractivity contribution in [3.8, 4) is 11.1 Å². The van der Waals surface area contributed by atoms with Gasteiger partial charge in [-0.2, -0.15) is 0 Å². The van der Waals surface area contributed by atoms with E-state index in [1.54, 1.807) is 0 Å². The number of hydrogen-bond donors (Lipinski definition) is 0. The highest BCUT2D eigenvalue weighted by Gasteiger charge is 2.39. The highest BCUT2D eigenvalue weighted by Crippen LogP contribution is 2.47. The normalized spacial score (nSPS) is 20.6. The second-order valence-electron chi connectivity index (χ2n) is 14.3. The zero-order valence-corrected chi connectivity index (χ0v) is 31.3. The van der Waals surface area contributed by atoms with Crippen molar-refractivity contribution in [3.05, 3.63) is 192 Å². The van der Waals surface area contributed by atoms with E-state index >= 15 is 0 Å². The number of anilines is 1. The summed E-state index contributed by atoms with van der Waals surface area (Å²) in [6.45, 7) is 13.2. The van der Waals surface area contributed by atoms with Crippen LogP contribution in [0.2, 0.25) is 0 Å². The summed E-state index contributed by atoms with van der Waals surface area (Å²) >= 11 is 0. The van der Waals surface area contributed by atoms with Crippen LogP contribution < -0.4 is 15.3 Å². The van der Waals surface area contributed by atoms with Gasteiger partial charge in [0, 0.05) is 17.3 Å². The minimum absolute atomic E-state index is 0.375. The number of para-hydroxylation sites is 1. The van der Waals surface area contributed by atoms with Gasteiger partial charge in [-0.1, -0.05) is 170 Å². The van der Waals surface area contributed by atoms with Crippen molar-refractivity contribution >= 4 is 29.7 Å². The van der Waals surface area contributed by atoms with Gasteiger partial charge in [-0.25, -0.2) is 0 Å². The second kappa shape index (κ2) is 15.5. The van der Waals surface area contributed by atoms with E-state index in [1.807, 2.05) is 6.08 Å². The summed E-state index contributed by atoms with van der Waals surface area (Å²) in [7, 11) is -2.48. The third kappa shape index (κ3) is 6.78. The Morgan fingerprint density at radius 1 is 0.843 bits per heavy atom. The maximum Gasteiger partial charge on any atom is 0.171 e. The molecule has 4 atom stereocenters. The molecule has 4 aromatic rings. The zero-order chi connectivity index (χ0) is 35.2. The molecule has 0 saturated heterocycles. The summed E-state index contributed by atoms with van der Waals surface area (Å²) in [5, 5.41) is 3.94. The highest BCUT2D eigenvalue weighted by atomic mass is 28.3. The van der Waals surface area contributed by atoms with Crippen LogP contribution >= 0.6 is 0 Å². The first-order valence-corrected chi connectivity index (χ1v) is 21.0. The largest absolute Gasteiger partial charge is 0.357 e. The van der Waals surface area contributed by atoms with E-state index in [0.717, 1.165) is 38.5 Å². The lowest BCUT2D eigenvalue weighted by Crippen LogP contribution is -2.58. The van der Waals surface area contributed by atoms with Gasteiger partial charge in [0.25, 0.3) is 0 Å². The molecule has 1 nitrogen and oxygen atoms in total. The average molecular weight is 682 g/mol. The van der Waals surface area contributed by atoms with Gasteiger partial charge >= 0.3 is 0 Å². The van der Waals surface area contributed by atoms with Crippen molar-refractivity contribution in [1.82, 2.24) is 0 Å². The molecule has 0 N–H and O–H groups in total. The smallest absolute Gasteiger partial charge is 0.171 e. The molecule has 3 unspecified atom stereocenters. The van der Waals surface area contributed by atoms with E-state index in [1.165, 1.54) is 54.6 Å². The van der Waals surface area contributed by atoms with E-state index in [-0.39, 0.29) is 0 Å². The van der Waals surface area contributed by atoms with Crippen LogP contribution in [0, 0.1) is 6.92 Å². The number of aryl methyl sites for hydroxylation is 1. The lowest BCUT2D eigenvalue weighted by atomic mass is 9.81. The molecule has 2 heteroatoms. The topological polar surface area (TPSA) is 3.24 Å². The van der Waals surface area contributed by atoms with Crippen LogP contribution in [-0.4, -0.2) is 20.2 Å². The van der Waals surface area contributed by atoms with Crippen molar-refractivity contribution in [2.45, 2.75) is 70.4 Å². The van der Waals surface area contributed by atoms with Gasteiger partial charge in [-0.05, 0) is 95.6 Å². The SMILES string of the molecule is C=CCC/C=C/[Si](C(=C)/C=C\CC)(c1ccccc1)c1ccc(-c2ccc(C)c([C@@H]3CC=CC(N4c5ccccc5C5=CC=CCC54)C3)c2)cc1. The lowest BCUT2D eigenvalue weighted by molar-refractivity contribution is 0.513. The Morgan fingerprint density at radius 3 is 2.41 bits per heavy atom. The predicted octanol–water partition coefficient (Wildman–Crippen LogP) is 11.4. The molecular weight excluding hydrogens is 631 g/mol. The fourth-order valence-corrected chi connectivity index (χ4v) is 12.6. The van der Waals surface area contributed by atoms with Gasteiger partial charge in [-0.3, -0.25) is 0 Å². The van der Waals surface area contributed by atoms with Crippen LogP contribution in [0.15, 0.2) is 176 Å². The molecule has 0 fully saturated rings. The second-order valence-corrected chi connectivity index (χ2v) is 18.1. The first kappa shape index (κ1) is 34.5. The van der Waals surface area contributed by atoms with Crippen LogP contribution in [0.25, 0.3) is 16.7 Å². The van der Waals surface area contributed by atoms with Crippen molar-refractivity contribution in [2.75, 3.05) is 4.90 Å². The molecule has 0 radical (unpaired) electrons. The number of unbranched alkanes of at least 4 members (excludes halogenated alkanes) is 1. The summed E-state index contributed by atoms with van der Waals surface area (Å²) in [6, 6.07) is 37.4. The number of hydrogen-bond acceptors (Lipinski definition) is 1. The van der Waals surface area contributed by atoms with E-state index in [9.17, 15) is 0 Å². The molecule has 2 aliphatic carbocycles. The molecule has 0 saturated carbocycles. The molecule has 3 aliphatic rings. The molecule has 1 heterocycles. The summed E-state index contributed by atoms with van der Waals surface area (Å²) in [5.41, 5.74) is 12.2. The molecule has 51 heavy (non-hydrogen) atoms. The Kier molecular flexibility index (Phi) is 10.5. The van der Waals surface area contributed by atoms with Crippen molar-refractivity contribution in [3.63, 3.8) is 0 Å². The fourth-order valence-electron chi connectivity index (χ4n) is 8.59. The third-order valence-electron chi connectivity index (χ3n) is 11.2. The van der Waals surface area contributed by atoms with Crippen molar-refractivity contribution in [2.24, 2.45) is 0 Å². The molecule has 0 bridgehead atoms. The van der Waals surface area contributed by atoms with Gasteiger partial charge in [0.05, 0.1) is 6.04 Å². The maximum absolute atomic E-state index is 4.73. The quantitative estimate of drug-likeness (QED) is 0.0623. The number of fused-ring (bicyclic) bond motifs is 3. The summed E-state index contributed by atoms with van der Waals surface area (Å²) in [5.74, 6) is 0.478. The van der Waals surface area contributed by atoms with Crippen LogP contribution in [-0.2, 0) is 0 Å². The van der Waals surface area contributed by atoms with Crippen LogP contribution in [0.3, 0.4) is 0 Å². The number of nitrogens with zero attached hydrogens (tertiary/aromatic N) is 1. The Hall–Kier alpha value is -4.92. The average Bonchev–Trinajstić information content (AvgIpc) is 3.52. The predicted molar refractivity (Wildman–Crippen MR) is 225 cm³/mol. The van der Waals surface area contributed by atoms with Crippen LogP contribution in [0.5, 0.6) is 0 Å². The molecule has 7 rings (SSSR count). The Balaban J connectivity index is 1.20. The van der Waals surface area contributed by atoms with E-state index in [4.69, 9.17) is 6.58 Å². The van der Waals surface area contributed by atoms with Gasteiger partial charge in [0.15, 0.2) is 8.07 Å². The summed E-state index contributed by atoms with van der Waals surface area (Å²) in [4.78, 5) is 2.71. The van der Waals surface area contributed by atoms with Crippen molar-refractivity contribution in [1.29, 1.82) is 0 Å². The molecule has 0 spiro atoms. The minimum Gasteiger partial charge on any atom is -0.357 e. The maximum atomic E-state index is 4.73. The van der Waals surface area contributed by atoms with Crippen LogP contribution in [0.1, 0.15) is 68.1 Å². The Labute approximate surface area is 307 Å². The molecule has 4 aromatic carbocycles. The standard InChI is InChI=1S/C49H51NSi/c1-5-7-9-17-34-51(38(4)19-8-6-2,43-22-11-10-12-23-43)44-32-30-39(31-33-44)40-29-28-37(3)47(36-40)41-20-18-21-42(35-41)50-48-26-15-13-24-45(48)46-25-14-16-27-49(46)50/h5,8,10-19,21-26,28-34,36,41-42,49H,1,4,6-7,9,20,27,35H2,2-3H3/b19-8-,34-17+/t41-,42?,49?,51?/m1/s1. The monoisotopic (exact) mass is 681 g/mol. The Morgan fingerprint density at radius 2 is 1.61 bits per heavy atom. The summed E-state index contributed by atoms with van der Waals surface area (Å²) < 4.78 is 0. The van der Waals surface area contributed by atoms with Gasteiger partial charge in [0.1, 0.15) is 0 Å². The van der Waals surface area contributed by atoms with E-state index in [0.29, 0.717) is 18.0 Å². The zero-order valence-electron chi connectivity index (χ0n) is 30.3. The number of rotatable bonds is 12. The minimum atomic E-state index is -2.48. The van der Waals surface area contributed by atoms with Crippen molar-refractivity contribution < 1.29 is 0 Å². The lowest BCUT2D eigenvalue weighted by Gasteiger charge is -2.38. The van der Waals surface area contributed by atoms with Crippen LogP contribution in [0.4, 0.5) is 5.69 Å². The van der Waals surface area contributed by atoms with Gasteiger partial charge in [0.2, 0.25) is 0 Å². The summed E-state index contributed by atoms with van der Waals surface area (Å²) in [6.07, 6.45) is 26.9. The molecular formula is C49H51NSi. The number of benzene rings is 4. The fraction of sp³-hybridized carbons (Fsp3) is 0.224. The van der Waals surface area contributed by atoms with E-state index < -0.39 is 8.07 Å². The van der Waals surface area contributed by atoms with E-state index in [2.05, 4.69) is 177 Å². The molecule has 0 aromatic heterocycles. The highest BCUT2D eigenvalue weighted by molar-refractivity contribution is 7.11. The molecule has 1 aliphatic heterocycles. The van der Waals surface area contributed by atoms with Gasteiger partial charge in [-0.15, -0.1) is 6.58 Å². The first-order chi connectivity index (χ1) is 25.0. The number of allylic oxidation sites excluding steroid dienone is 8. The third-order valence-corrected chi connectivity index (χ3v) is 15.6. The van der Waals surface area contributed by atoms with Gasteiger partial charge < -0.3 is 4.90 Å². The Bertz CT molecular complexity index is 2020. The first-order valence-electron chi connectivity index (χ1n) is 18.9. The molecule has 256 valence electrons.